The Morgan fingerprint density at radius 2 is 1.57 bits per heavy atom. The summed E-state index contributed by atoms with van der Waals surface area (Å²) in [6.45, 7) is 5.73. The van der Waals surface area contributed by atoms with E-state index in [2.05, 4.69) is 5.32 Å². The van der Waals surface area contributed by atoms with Gasteiger partial charge in [-0.15, -0.1) is 11.3 Å². The molecule has 3 amide bonds. The number of anilines is 1. The van der Waals surface area contributed by atoms with Gasteiger partial charge in [0, 0.05) is 22.0 Å². The van der Waals surface area contributed by atoms with Crippen LogP contribution in [0.4, 0.5) is 14.9 Å². The van der Waals surface area contributed by atoms with Crippen LogP contribution < -0.4 is 11.1 Å². The Balaban J connectivity index is 1.72. The Hall–Kier alpha value is -4.30. The van der Waals surface area contributed by atoms with Gasteiger partial charge in [0.25, 0.3) is 0 Å². The van der Waals surface area contributed by atoms with Gasteiger partial charge in [0.05, 0.1) is 12.0 Å². The molecule has 0 bridgehead atoms. The molecule has 6 nitrogen and oxygen atoms in total. The minimum Gasteiger partial charge on any atom is -0.368 e. The molecule has 3 aromatic carbocycles. The minimum atomic E-state index is -1.17. The average molecular weight is 556 g/mol. The molecule has 4 aromatic rings. The summed E-state index contributed by atoms with van der Waals surface area (Å²) in [6.07, 6.45) is 0. The van der Waals surface area contributed by atoms with Crippen molar-refractivity contribution in [2.45, 2.75) is 38.8 Å². The van der Waals surface area contributed by atoms with Crippen LogP contribution in [0.5, 0.6) is 0 Å². The average Bonchev–Trinajstić information content (AvgIpc) is 3.49. The summed E-state index contributed by atoms with van der Waals surface area (Å²) >= 11 is 1.42. The van der Waals surface area contributed by atoms with E-state index in [0.717, 1.165) is 21.6 Å². The quantitative estimate of drug-likeness (QED) is 0.265. The lowest BCUT2D eigenvalue weighted by Gasteiger charge is -2.30. The molecule has 40 heavy (non-hydrogen) atoms. The number of carbonyl (C=O) groups excluding carboxylic acids is 3. The minimum absolute atomic E-state index is 0.215. The van der Waals surface area contributed by atoms with Crippen LogP contribution in [0.3, 0.4) is 0 Å². The van der Waals surface area contributed by atoms with Crippen molar-refractivity contribution in [3.05, 3.63) is 123 Å². The highest BCUT2D eigenvalue weighted by atomic mass is 32.1. The Labute approximate surface area is 236 Å². The zero-order chi connectivity index (χ0) is 28.6. The van der Waals surface area contributed by atoms with E-state index in [-0.39, 0.29) is 5.78 Å². The molecule has 0 radical (unpaired) electrons. The summed E-state index contributed by atoms with van der Waals surface area (Å²) in [7, 11) is 0. The number of urea groups is 1. The molecular weight excluding hydrogens is 525 g/mol. The zero-order valence-electron chi connectivity index (χ0n) is 22.4. The number of rotatable bonds is 6. The number of amides is 3. The van der Waals surface area contributed by atoms with E-state index in [1.165, 1.54) is 28.4 Å². The number of likely N-dealkylation sites (tertiary alicyclic amines) is 1. The van der Waals surface area contributed by atoms with Gasteiger partial charge in [-0.25, -0.2) is 9.18 Å². The Bertz CT molecular complexity index is 1580. The van der Waals surface area contributed by atoms with E-state index in [1.807, 2.05) is 62.5 Å². The number of thiophene rings is 1. The number of ketones is 1. The monoisotopic (exact) mass is 555 g/mol. The second kappa shape index (κ2) is 11.1. The molecule has 8 heteroatoms. The fourth-order valence-electron chi connectivity index (χ4n) is 5.74. The summed E-state index contributed by atoms with van der Waals surface area (Å²) in [5, 5.41) is 4.83. The number of carbonyl (C=O) groups is 3. The van der Waals surface area contributed by atoms with Gasteiger partial charge >= 0.3 is 6.03 Å². The second-order valence-corrected chi connectivity index (χ2v) is 11.3. The van der Waals surface area contributed by atoms with Crippen LogP contribution in [0.1, 0.15) is 49.4 Å². The summed E-state index contributed by atoms with van der Waals surface area (Å²) in [6, 6.07) is 19.7. The molecule has 4 atom stereocenters. The number of nitrogens with zero attached hydrogens (tertiary/aromatic N) is 1. The fraction of sp³-hybridized carbons (Fsp3) is 0.219. The number of nitrogens with two attached hydrogens (primary N) is 1. The van der Waals surface area contributed by atoms with Gasteiger partial charge in [-0.1, -0.05) is 48.0 Å². The Kier molecular flexibility index (Phi) is 7.54. The van der Waals surface area contributed by atoms with Gasteiger partial charge in [0.1, 0.15) is 11.9 Å². The molecule has 0 saturated carbocycles. The van der Waals surface area contributed by atoms with E-state index < -0.39 is 41.7 Å². The topological polar surface area (TPSA) is 92.5 Å². The van der Waals surface area contributed by atoms with Gasteiger partial charge in [0.2, 0.25) is 5.91 Å². The molecule has 4 unspecified atom stereocenters. The van der Waals surface area contributed by atoms with E-state index >= 15 is 0 Å². The molecule has 0 aliphatic carbocycles. The standard InChI is InChI=1S/C32H30FN3O3S/c1-18-6-4-8-22(16-18)29(37)26-25(21-10-12-23(33)13-11-21)28(31(34)38)36(27(26)30-20(3)14-15-40-30)32(39)35-24-9-5-7-19(2)17-24/h4-17,25-28H,1-3H3,(H2,34,38)(H,35,39). The van der Waals surface area contributed by atoms with E-state index in [1.54, 1.807) is 30.3 Å². The highest BCUT2D eigenvalue weighted by molar-refractivity contribution is 7.10. The predicted molar refractivity (Wildman–Crippen MR) is 155 cm³/mol. The summed E-state index contributed by atoms with van der Waals surface area (Å²) in [5.74, 6) is -3.06. The van der Waals surface area contributed by atoms with Gasteiger partial charge in [-0.05, 0) is 79.2 Å². The van der Waals surface area contributed by atoms with Crippen LogP contribution in [0, 0.1) is 32.5 Å². The first-order chi connectivity index (χ1) is 19.2. The summed E-state index contributed by atoms with van der Waals surface area (Å²) in [5.41, 5.74) is 10.4. The first kappa shape index (κ1) is 27.3. The molecule has 204 valence electrons. The van der Waals surface area contributed by atoms with Crippen LogP contribution in [0.25, 0.3) is 0 Å². The van der Waals surface area contributed by atoms with Crippen LogP contribution in [-0.4, -0.2) is 28.7 Å². The van der Waals surface area contributed by atoms with Crippen molar-refractivity contribution in [1.82, 2.24) is 4.90 Å². The van der Waals surface area contributed by atoms with Crippen molar-refractivity contribution in [2.75, 3.05) is 5.32 Å². The number of primary amides is 1. The maximum atomic E-state index is 14.4. The smallest absolute Gasteiger partial charge is 0.323 e. The van der Waals surface area contributed by atoms with Crippen LogP contribution in [0.15, 0.2) is 84.2 Å². The van der Waals surface area contributed by atoms with Crippen molar-refractivity contribution in [1.29, 1.82) is 0 Å². The number of benzene rings is 3. The number of hydrogen-bond acceptors (Lipinski definition) is 4. The Morgan fingerprint density at radius 1 is 0.900 bits per heavy atom. The van der Waals surface area contributed by atoms with Crippen molar-refractivity contribution in [2.24, 2.45) is 11.7 Å². The lowest BCUT2D eigenvalue weighted by molar-refractivity contribution is -0.122. The van der Waals surface area contributed by atoms with Crippen molar-refractivity contribution >= 4 is 34.7 Å². The third-order valence-electron chi connectivity index (χ3n) is 7.49. The number of Topliss-reactive ketones (excluding diaryl/α,β-unsaturated/α-hetero) is 1. The maximum Gasteiger partial charge on any atom is 0.323 e. The number of aryl methyl sites for hydroxylation is 3. The van der Waals surface area contributed by atoms with E-state index in [0.29, 0.717) is 16.8 Å². The van der Waals surface area contributed by atoms with E-state index in [9.17, 15) is 18.8 Å². The number of nitrogens with one attached hydrogen (secondary N) is 1. The molecular formula is C32H30FN3O3S. The molecule has 0 spiro atoms. The molecule has 1 aromatic heterocycles. The highest BCUT2D eigenvalue weighted by Gasteiger charge is 2.57. The van der Waals surface area contributed by atoms with Gasteiger partial charge in [0.15, 0.2) is 5.78 Å². The lowest BCUT2D eigenvalue weighted by atomic mass is 9.76. The van der Waals surface area contributed by atoms with E-state index in [4.69, 9.17) is 5.73 Å². The molecule has 2 heterocycles. The highest BCUT2D eigenvalue weighted by Crippen LogP contribution is 2.53. The molecule has 5 rings (SSSR count). The molecule has 1 aliphatic heterocycles. The third-order valence-corrected chi connectivity index (χ3v) is 8.58. The van der Waals surface area contributed by atoms with Crippen LogP contribution >= 0.6 is 11.3 Å². The summed E-state index contributed by atoms with van der Waals surface area (Å²) < 4.78 is 14.0. The van der Waals surface area contributed by atoms with Crippen LogP contribution in [0.2, 0.25) is 0 Å². The SMILES string of the molecule is Cc1cccc(NC(=O)N2C(C(N)=O)C(c3ccc(F)cc3)C(C(=O)c3cccc(C)c3)C2c2sccc2C)c1. The number of hydrogen-bond donors (Lipinski definition) is 2. The molecule has 1 aliphatic rings. The normalized spacial score (nSPS) is 20.4. The maximum absolute atomic E-state index is 14.4. The third kappa shape index (κ3) is 5.14. The molecule has 1 fully saturated rings. The summed E-state index contributed by atoms with van der Waals surface area (Å²) in [4.78, 5) is 44.0. The Morgan fingerprint density at radius 3 is 2.17 bits per heavy atom. The number of halogens is 1. The van der Waals surface area contributed by atoms with Gasteiger partial charge in [-0.3, -0.25) is 9.59 Å². The molecule has 3 N–H and O–H groups in total. The van der Waals surface area contributed by atoms with Crippen molar-refractivity contribution < 1.29 is 18.8 Å². The van der Waals surface area contributed by atoms with Gasteiger partial charge in [-0.2, -0.15) is 0 Å². The fourth-order valence-corrected chi connectivity index (χ4v) is 6.81. The molecule has 1 saturated heterocycles. The van der Waals surface area contributed by atoms with Crippen molar-refractivity contribution in [3.63, 3.8) is 0 Å². The predicted octanol–water partition coefficient (Wildman–Crippen LogP) is 6.54. The van der Waals surface area contributed by atoms with Crippen molar-refractivity contribution in [3.8, 4) is 0 Å². The van der Waals surface area contributed by atoms with Crippen LogP contribution in [-0.2, 0) is 4.79 Å². The lowest BCUT2D eigenvalue weighted by Crippen LogP contribution is -2.48. The second-order valence-electron chi connectivity index (χ2n) is 10.3. The first-order valence-corrected chi connectivity index (χ1v) is 13.9. The first-order valence-electron chi connectivity index (χ1n) is 13.0. The largest absolute Gasteiger partial charge is 0.368 e. The zero-order valence-corrected chi connectivity index (χ0v) is 23.2. The van der Waals surface area contributed by atoms with Gasteiger partial charge < -0.3 is 16.0 Å².